The summed E-state index contributed by atoms with van der Waals surface area (Å²) in [5.41, 5.74) is -7.86. The van der Waals surface area contributed by atoms with Crippen molar-refractivity contribution in [3.63, 3.8) is 0 Å². The topological polar surface area (TPSA) is 71.5 Å². The molecule has 234 valence electrons. The van der Waals surface area contributed by atoms with Gasteiger partial charge in [-0.3, -0.25) is 9.59 Å². The van der Waals surface area contributed by atoms with E-state index in [0.717, 1.165) is 30.3 Å². The van der Waals surface area contributed by atoms with Crippen LogP contribution < -0.4 is 0 Å². The van der Waals surface area contributed by atoms with E-state index in [2.05, 4.69) is 0 Å². The predicted molar refractivity (Wildman–Crippen MR) is 137 cm³/mol. The van der Waals surface area contributed by atoms with Crippen molar-refractivity contribution >= 4 is 21.5 Å². The molecule has 2 aromatic carbocycles. The van der Waals surface area contributed by atoms with Crippen LogP contribution in [0, 0.1) is 17.7 Å². The molecule has 0 aromatic heterocycles. The van der Waals surface area contributed by atoms with Gasteiger partial charge in [-0.15, -0.1) is 0 Å². The molecule has 0 bridgehead atoms. The number of aryl methyl sites for hydroxylation is 1. The molecular formula is C29H27F8NO4S. The fourth-order valence-corrected chi connectivity index (χ4v) is 9.52. The minimum Gasteiger partial charge on any atom is -0.337 e. The summed E-state index contributed by atoms with van der Waals surface area (Å²) in [5, 5.41) is 0. The van der Waals surface area contributed by atoms with Gasteiger partial charge >= 0.3 is 18.0 Å². The minimum absolute atomic E-state index is 0.00921. The van der Waals surface area contributed by atoms with Gasteiger partial charge in [0.2, 0.25) is 5.91 Å². The molecule has 1 amide bonds. The van der Waals surface area contributed by atoms with Gasteiger partial charge in [0.25, 0.3) is 0 Å². The van der Waals surface area contributed by atoms with Crippen molar-refractivity contribution in [3.8, 4) is 0 Å². The Morgan fingerprint density at radius 1 is 0.953 bits per heavy atom. The molecule has 2 aromatic rings. The second-order valence-electron chi connectivity index (χ2n) is 11.6. The van der Waals surface area contributed by atoms with E-state index in [1.807, 2.05) is 0 Å². The van der Waals surface area contributed by atoms with E-state index in [0.29, 0.717) is 6.07 Å². The van der Waals surface area contributed by atoms with Crippen LogP contribution in [0.4, 0.5) is 35.1 Å². The minimum atomic E-state index is -6.36. The van der Waals surface area contributed by atoms with Crippen molar-refractivity contribution in [1.82, 2.24) is 4.90 Å². The number of fused-ring (bicyclic) bond motifs is 3. The fraction of sp³-hybridized carbons (Fsp3) is 0.517. The number of likely N-dealkylation sites (tertiary alicyclic amines) is 1. The van der Waals surface area contributed by atoms with Crippen LogP contribution in [0.15, 0.2) is 47.4 Å². The molecule has 2 aliphatic carbocycles. The van der Waals surface area contributed by atoms with Gasteiger partial charge in [0.05, 0.1) is 10.9 Å². The number of alkyl halides is 7. The van der Waals surface area contributed by atoms with Crippen molar-refractivity contribution in [3.05, 3.63) is 65.0 Å². The summed E-state index contributed by atoms with van der Waals surface area (Å²) in [5.74, 6) is -2.24. The molecule has 5 rings (SSSR count). The maximum Gasteiger partial charge on any atom is 0.435 e. The second kappa shape index (κ2) is 10.3. The molecule has 1 saturated carbocycles. The van der Waals surface area contributed by atoms with E-state index in [4.69, 9.17) is 0 Å². The first-order chi connectivity index (χ1) is 19.9. The zero-order valence-electron chi connectivity index (χ0n) is 22.7. The molecule has 0 N–H and O–H groups in total. The second-order valence-corrected chi connectivity index (χ2v) is 13.8. The first kappa shape index (κ1) is 31.4. The van der Waals surface area contributed by atoms with Crippen LogP contribution >= 0.6 is 0 Å². The zero-order valence-corrected chi connectivity index (χ0v) is 23.6. The van der Waals surface area contributed by atoms with Crippen LogP contribution in [0.5, 0.6) is 0 Å². The maximum atomic E-state index is 15.0. The van der Waals surface area contributed by atoms with E-state index in [-0.39, 0.29) is 74.0 Å². The summed E-state index contributed by atoms with van der Waals surface area (Å²) >= 11 is 0. The molecule has 0 spiro atoms. The molecular weight excluding hydrogens is 610 g/mol. The summed E-state index contributed by atoms with van der Waals surface area (Å²) in [6.07, 6.45) is -12.9. The van der Waals surface area contributed by atoms with Gasteiger partial charge in [-0.05, 0) is 60.9 Å². The Bertz CT molecular complexity index is 1560. The molecule has 4 atom stereocenters. The summed E-state index contributed by atoms with van der Waals surface area (Å²) in [7, 11) is -4.65. The quantitative estimate of drug-likeness (QED) is 0.367. The monoisotopic (exact) mass is 637 g/mol. The molecule has 43 heavy (non-hydrogen) atoms. The average Bonchev–Trinajstić information content (AvgIpc) is 3.32. The number of amides is 1. The molecule has 5 nitrogen and oxygen atoms in total. The highest BCUT2D eigenvalue weighted by atomic mass is 32.2. The van der Waals surface area contributed by atoms with E-state index >= 15 is 0 Å². The lowest BCUT2D eigenvalue weighted by Crippen LogP contribution is -2.54. The predicted octanol–water partition coefficient (Wildman–Crippen LogP) is 6.34. The Hall–Kier alpha value is -3.03. The Balaban J connectivity index is 1.67. The molecule has 2 fully saturated rings. The molecule has 1 saturated heterocycles. The lowest BCUT2D eigenvalue weighted by molar-refractivity contribution is -0.348. The van der Waals surface area contributed by atoms with Crippen molar-refractivity contribution in [2.75, 3.05) is 6.54 Å². The van der Waals surface area contributed by atoms with Gasteiger partial charge in [0.15, 0.2) is 9.84 Å². The summed E-state index contributed by atoms with van der Waals surface area (Å²) in [6, 6.07) is 4.35. The van der Waals surface area contributed by atoms with Crippen molar-refractivity contribution in [1.29, 1.82) is 0 Å². The third-order valence-electron chi connectivity index (χ3n) is 9.22. The molecule has 14 heteroatoms. The SMILES string of the molecule is C[C@H]1CC(=O)CC[C@H]1C(=O)N1CCC2(S(=O)(=O)c3cccc(F)c3)c3ccc(C(F)(C(F)(F)F)C(F)(F)F)cc3CCC12. The van der Waals surface area contributed by atoms with Gasteiger partial charge < -0.3 is 4.90 Å². The normalized spacial score (nSPS) is 26.7. The van der Waals surface area contributed by atoms with E-state index in [1.54, 1.807) is 6.92 Å². The van der Waals surface area contributed by atoms with Crippen LogP contribution in [0.2, 0.25) is 0 Å². The molecule has 0 radical (unpaired) electrons. The number of hydrogen-bond acceptors (Lipinski definition) is 4. The molecule has 1 heterocycles. The molecule has 3 aliphatic rings. The average molecular weight is 638 g/mol. The smallest absolute Gasteiger partial charge is 0.337 e. The number of nitrogens with zero attached hydrogens (tertiary/aromatic N) is 1. The largest absolute Gasteiger partial charge is 0.435 e. The van der Waals surface area contributed by atoms with Crippen LogP contribution in [-0.4, -0.2) is 49.9 Å². The summed E-state index contributed by atoms with van der Waals surface area (Å²) in [6.45, 7) is 1.61. The first-order valence-corrected chi connectivity index (χ1v) is 15.1. The number of hydrogen-bond donors (Lipinski definition) is 0. The zero-order chi connectivity index (χ0) is 31.8. The Kier molecular flexibility index (Phi) is 7.50. The van der Waals surface area contributed by atoms with Crippen LogP contribution in [0.1, 0.15) is 55.7 Å². The van der Waals surface area contributed by atoms with Crippen LogP contribution in [0.3, 0.4) is 0 Å². The first-order valence-electron chi connectivity index (χ1n) is 13.6. The van der Waals surface area contributed by atoms with Gasteiger partial charge in [-0.2, -0.15) is 26.3 Å². The van der Waals surface area contributed by atoms with Crippen LogP contribution in [0.25, 0.3) is 0 Å². The third-order valence-corrected chi connectivity index (χ3v) is 11.8. The van der Waals surface area contributed by atoms with E-state index in [1.165, 1.54) is 4.90 Å². The van der Waals surface area contributed by atoms with Gasteiger partial charge in [0, 0.05) is 30.9 Å². The highest BCUT2D eigenvalue weighted by Crippen LogP contribution is 2.57. The number of sulfone groups is 1. The van der Waals surface area contributed by atoms with E-state index < -0.39 is 66.7 Å². The van der Waals surface area contributed by atoms with E-state index in [9.17, 15) is 53.1 Å². The summed E-state index contributed by atoms with van der Waals surface area (Å²) < 4.78 is 137. The van der Waals surface area contributed by atoms with Gasteiger partial charge in [0.1, 0.15) is 16.3 Å². The molecule has 2 unspecified atom stereocenters. The standard InChI is InChI=1S/C29H27F8NO4S/c1-16-13-20(39)7-8-22(16)25(40)38-12-11-26(43(41,42)21-4-2-3-19(30)15-21)23-9-6-18(14-17(23)5-10-24(26)38)27(31,28(32,33)34)29(35,36)37/h2-4,6,9,14-16,22,24H,5,7-8,10-13H2,1H3/t16-,22+,24?,26?/m0/s1. The number of carbonyl (C=O) groups is 2. The highest BCUT2D eigenvalue weighted by Gasteiger charge is 2.74. The highest BCUT2D eigenvalue weighted by molar-refractivity contribution is 7.92. The fourth-order valence-electron chi connectivity index (χ4n) is 7.12. The van der Waals surface area contributed by atoms with Crippen molar-refractivity contribution in [2.24, 2.45) is 11.8 Å². The number of Topliss-reactive ketones (excluding diaryl/α,β-unsaturated/α-hetero) is 1. The van der Waals surface area contributed by atoms with Gasteiger partial charge in [-0.25, -0.2) is 17.2 Å². The lowest BCUT2D eigenvalue weighted by Gasteiger charge is -2.44. The summed E-state index contributed by atoms with van der Waals surface area (Å²) in [4.78, 5) is 26.6. The number of ketones is 1. The van der Waals surface area contributed by atoms with Crippen molar-refractivity contribution < 1.29 is 53.1 Å². The maximum absolute atomic E-state index is 15.0. The van der Waals surface area contributed by atoms with Crippen molar-refractivity contribution in [2.45, 2.75) is 79.2 Å². The Labute approximate surface area is 242 Å². The Morgan fingerprint density at radius 3 is 2.23 bits per heavy atom. The Morgan fingerprint density at radius 2 is 1.63 bits per heavy atom. The van der Waals surface area contributed by atoms with Crippen LogP contribution in [-0.2, 0) is 36.3 Å². The lowest BCUT2D eigenvalue weighted by atomic mass is 9.76. The van der Waals surface area contributed by atoms with Gasteiger partial charge in [-0.1, -0.05) is 31.2 Å². The number of benzene rings is 2. The number of halogens is 8. The molecule has 1 aliphatic heterocycles. The number of carbonyl (C=O) groups excluding carboxylic acids is 2. The third kappa shape index (κ3) is 4.65. The number of rotatable bonds is 4.